The lowest BCUT2D eigenvalue weighted by Crippen LogP contribution is -2.20. The van der Waals surface area contributed by atoms with E-state index in [9.17, 15) is 4.39 Å². The van der Waals surface area contributed by atoms with E-state index < -0.39 is 5.67 Å². The summed E-state index contributed by atoms with van der Waals surface area (Å²) >= 11 is 0. The van der Waals surface area contributed by atoms with Gasteiger partial charge in [-0.25, -0.2) is 4.39 Å². The molecule has 0 aromatic carbocycles. The first-order chi connectivity index (χ1) is 5.21. The van der Waals surface area contributed by atoms with Crippen molar-refractivity contribution in [1.82, 2.24) is 5.32 Å². The summed E-state index contributed by atoms with van der Waals surface area (Å²) in [6, 6.07) is 0. The van der Waals surface area contributed by atoms with Crippen LogP contribution in [0.3, 0.4) is 0 Å². The van der Waals surface area contributed by atoms with Crippen LogP contribution < -0.4 is 5.32 Å². The Labute approximate surface area is 70.4 Å². The first kappa shape index (κ1) is 13.5. The average molecular weight is 163 g/mol. The van der Waals surface area contributed by atoms with E-state index in [0.717, 1.165) is 6.54 Å². The fourth-order valence-corrected chi connectivity index (χ4v) is 0.786. The molecule has 0 aromatic heterocycles. The smallest absolute Gasteiger partial charge is 0.121 e. The maximum Gasteiger partial charge on any atom is 0.121 e. The van der Waals surface area contributed by atoms with Crippen molar-refractivity contribution < 1.29 is 4.39 Å². The van der Waals surface area contributed by atoms with Crippen molar-refractivity contribution in [3.8, 4) is 0 Å². The predicted octanol–water partition coefficient (Wildman–Crippen LogP) is 2.76. The zero-order chi connectivity index (χ0) is 9.33. The highest BCUT2D eigenvalue weighted by molar-refractivity contribution is 4.82. The van der Waals surface area contributed by atoms with Crippen LogP contribution in [-0.2, 0) is 0 Å². The summed E-state index contributed by atoms with van der Waals surface area (Å²) < 4.78 is 12.5. The summed E-state index contributed by atoms with van der Waals surface area (Å²) in [6.45, 7) is 11.0. The van der Waals surface area contributed by atoms with Gasteiger partial charge in [0.05, 0.1) is 0 Å². The lowest BCUT2D eigenvalue weighted by Gasteiger charge is -2.07. The molecule has 0 radical (unpaired) electrons. The predicted molar refractivity (Wildman–Crippen MR) is 49.7 cm³/mol. The van der Waals surface area contributed by atoms with Crippen LogP contribution in [0.4, 0.5) is 4.39 Å². The molecule has 1 fully saturated rings. The van der Waals surface area contributed by atoms with Gasteiger partial charge in [-0.2, -0.15) is 0 Å². The fourth-order valence-electron chi connectivity index (χ4n) is 0.786. The monoisotopic (exact) mass is 163 g/mol. The van der Waals surface area contributed by atoms with Gasteiger partial charge in [-0.05, 0) is 19.9 Å². The molecule has 1 saturated heterocycles. The maximum absolute atomic E-state index is 12.5. The number of hydrogen-bond donors (Lipinski definition) is 1. The third-order valence-corrected chi connectivity index (χ3v) is 1.32. The van der Waals surface area contributed by atoms with Crippen LogP contribution in [0.2, 0.25) is 0 Å². The summed E-state index contributed by atoms with van der Waals surface area (Å²) in [6.07, 6.45) is 0.674. The molecule has 1 N–H and O–H groups in total. The van der Waals surface area contributed by atoms with Gasteiger partial charge in [0.25, 0.3) is 0 Å². The normalized spacial score (nSPS) is 27.8. The minimum absolute atomic E-state index is 0.535. The van der Waals surface area contributed by atoms with E-state index in [1.165, 1.54) is 0 Å². The third kappa shape index (κ3) is 7.79. The highest BCUT2D eigenvalue weighted by atomic mass is 19.1. The molecule has 1 heterocycles. The molecule has 0 spiro atoms. The number of alkyl halides is 1. The SMILES string of the molecule is CC.CC.CC1(F)CCNC1. The Morgan fingerprint density at radius 2 is 1.64 bits per heavy atom. The molecule has 1 atom stereocenters. The Kier molecular flexibility index (Phi) is 9.79. The molecule has 1 aliphatic rings. The van der Waals surface area contributed by atoms with E-state index in [-0.39, 0.29) is 0 Å². The molecular weight excluding hydrogens is 141 g/mol. The van der Waals surface area contributed by atoms with Crippen LogP contribution in [-0.4, -0.2) is 18.8 Å². The van der Waals surface area contributed by atoms with Crippen LogP contribution >= 0.6 is 0 Å². The second-order valence-electron chi connectivity index (χ2n) is 2.34. The number of halogens is 1. The van der Waals surface area contributed by atoms with E-state index >= 15 is 0 Å². The molecule has 1 unspecified atom stereocenters. The summed E-state index contributed by atoms with van der Waals surface area (Å²) in [5.74, 6) is 0. The molecule has 0 amide bonds. The van der Waals surface area contributed by atoms with Crippen LogP contribution in [0, 0.1) is 0 Å². The Morgan fingerprint density at radius 3 is 1.73 bits per heavy atom. The van der Waals surface area contributed by atoms with Gasteiger partial charge in [-0.15, -0.1) is 0 Å². The van der Waals surface area contributed by atoms with Gasteiger partial charge in [-0.3, -0.25) is 0 Å². The van der Waals surface area contributed by atoms with Crippen molar-refractivity contribution in [1.29, 1.82) is 0 Å². The van der Waals surface area contributed by atoms with Crippen molar-refractivity contribution in [2.24, 2.45) is 0 Å². The third-order valence-electron chi connectivity index (χ3n) is 1.32. The molecular formula is C9H22FN. The molecule has 1 aliphatic heterocycles. The molecule has 0 aliphatic carbocycles. The van der Waals surface area contributed by atoms with E-state index in [0.29, 0.717) is 13.0 Å². The van der Waals surface area contributed by atoms with E-state index in [1.54, 1.807) is 6.92 Å². The Balaban J connectivity index is 0. The molecule has 70 valence electrons. The number of nitrogens with one attached hydrogen (secondary N) is 1. The molecule has 11 heavy (non-hydrogen) atoms. The standard InChI is InChI=1S/C5H10FN.2C2H6/c1-5(6)2-3-7-4-5;2*1-2/h7H,2-4H2,1H3;2*1-2H3. The Morgan fingerprint density at radius 1 is 1.18 bits per heavy atom. The van der Waals surface area contributed by atoms with Gasteiger partial charge in [0.15, 0.2) is 0 Å². The topological polar surface area (TPSA) is 12.0 Å². The Bertz CT molecular complexity index is 64.0. The molecule has 0 saturated carbocycles. The summed E-state index contributed by atoms with van der Waals surface area (Å²) in [7, 11) is 0. The quantitative estimate of drug-likeness (QED) is 0.579. The largest absolute Gasteiger partial charge is 0.313 e. The molecule has 1 rings (SSSR count). The fraction of sp³-hybridized carbons (Fsp3) is 1.00. The van der Waals surface area contributed by atoms with Crippen LogP contribution in [0.5, 0.6) is 0 Å². The zero-order valence-electron chi connectivity index (χ0n) is 8.50. The molecule has 0 bridgehead atoms. The lowest BCUT2D eigenvalue weighted by molar-refractivity contribution is 0.218. The summed E-state index contributed by atoms with van der Waals surface area (Å²) in [4.78, 5) is 0. The first-order valence-corrected chi connectivity index (χ1v) is 4.60. The van der Waals surface area contributed by atoms with Gasteiger partial charge in [0, 0.05) is 6.54 Å². The highest BCUT2D eigenvalue weighted by Crippen LogP contribution is 2.16. The summed E-state index contributed by atoms with van der Waals surface area (Å²) in [5.41, 5.74) is -0.917. The molecule has 1 nitrogen and oxygen atoms in total. The Hall–Kier alpha value is -0.110. The van der Waals surface area contributed by atoms with Gasteiger partial charge >= 0.3 is 0 Å². The minimum Gasteiger partial charge on any atom is -0.313 e. The second kappa shape index (κ2) is 7.99. The van der Waals surface area contributed by atoms with E-state index in [4.69, 9.17) is 0 Å². The molecule has 2 heteroatoms. The van der Waals surface area contributed by atoms with E-state index in [1.807, 2.05) is 27.7 Å². The van der Waals surface area contributed by atoms with Crippen LogP contribution in [0.1, 0.15) is 41.0 Å². The number of hydrogen-bond acceptors (Lipinski definition) is 1. The van der Waals surface area contributed by atoms with Crippen molar-refractivity contribution in [2.45, 2.75) is 46.7 Å². The highest BCUT2D eigenvalue weighted by Gasteiger charge is 2.26. The van der Waals surface area contributed by atoms with Gasteiger partial charge in [0.1, 0.15) is 5.67 Å². The van der Waals surface area contributed by atoms with Crippen molar-refractivity contribution in [3.05, 3.63) is 0 Å². The van der Waals surface area contributed by atoms with Gasteiger partial charge < -0.3 is 5.32 Å². The number of rotatable bonds is 0. The van der Waals surface area contributed by atoms with Gasteiger partial charge in [0.2, 0.25) is 0 Å². The van der Waals surface area contributed by atoms with Crippen molar-refractivity contribution >= 4 is 0 Å². The zero-order valence-corrected chi connectivity index (χ0v) is 8.50. The second-order valence-corrected chi connectivity index (χ2v) is 2.34. The first-order valence-electron chi connectivity index (χ1n) is 4.60. The summed E-state index contributed by atoms with van der Waals surface area (Å²) in [5, 5.41) is 2.94. The van der Waals surface area contributed by atoms with Crippen molar-refractivity contribution in [2.75, 3.05) is 13.1 Å². The van der Waals surface area contributed by atoms with Crippen molar-refractivity contribution in [3.63, 3.8) is 0 Å². The van der Waals surface area contributed by atoms with Gasteiger partial charge in [-0.1, -0.05) is 27.7 Å². The van der Waals surface area contributed by atoms with Crippen LogP contribution in [0.25, 0.3) is 0 Å². The van der Waals surface area contributed by atoms with E-state index in [2.05, 4.69) is 5.32 Å². The minimum atomic E-state index is -0.917. The lowest BCUT2D eigenvalue weighted by atomic mass is 10.1. The van der Waals surface area contributed by atoms with Crippen LogP contribution in [0.15, 0.2) is 0 Å². The molecule has 0 aromatic rings. The average Bonchev–Trinajstić information content (AvgIpc) is 2.43. The maximum atomic E-state index is 12.5.